The van der Waals surface area contributed by atoms with Gasteiger partial charge in [0.05, 0.1) is 7.11 Å². The SMILES string of the molecule is C=C(C)CCC(=O)Cc1ccc(OC)cc1. The smallest absolute Gasteiger partial charge is 0.137 e. The zero-order chi connectivity index (χ0) is 12.0. The number of rotatable bonds is 6. The molecule has 1 aromatic carbocycles. The number of ether oxygens (including phenoxy) is 1. The fourth-order valence-electron chi connectivity index (χ4n) is 1.41. The Bertz CT molecular complexity index is 363. The second kappa shape index (κ2) is 6.11. The van der Waals surface area contributed by atoms with Crippen LogP contribution in [0.4, 0.5) is 0 Å². The van der Waals surface area contributed by atoms with Crippen molar-refractivity contribution in [2.24, 2.45) is 0 Å². The lowest BCUT2D eigenvalue weighted by atomic mass is 10.0. The monoisotopic (exact) mass is 218 g/mol. The van der Waals surface area contributed by atoms with E-state index in [0.717, 1.165) is 23.3 Å². The molecule has 2 nitrogen and oxygen atoms in total. The molecule has 0 aliphatic rings. The van der Waals surface area contributed by atoms with E-state index >= 15 is 0 Å². The molecule has 16 heavy (non-hydrogen) atoms. The number of allylic oxidation sites excluding steroid dienone is 1. The third-order valence-corrected chi connectivity index (χ3v) is 2.39. The van der Waals surface area contributed by atoms with E-state index in [-0.39, 0.29) is 5.78 Å². The van der Waals surface area contributed by atoms with Gasteiger partial charge in [-0.1, -0.05) is 17.7 Å². The van der Waals surface area contributed by atoms with Crippen LogP contribution < -0.4 is 4.74 Å². The Kier molecular flexibility index (Phi) is 4.77. The molecule has 1 rings (SSSR count). The predicted octanol–water partition coefficient (Wildman–Crippen LogP) is 3.16. The van der Waals surface area contributed by atoms with Crippen LogP contribution in [0.3, 0.4) is 0 Å². The van der Waals surface area contributed by atoms with E-state index in [1.807, 2.05) is 31.2 Å². The third-order valence-electron chi connectivity index (χ3n) is 2.39. The molecule has 0 aliphatic heterocycles. The molecule has 0 aliphatic carbocycles. The molecule has 86 valence electrons. The van der Waals surface area contributed by atoms with Crippen molar-refractivity contribution in [2.75, 3.05) is 7.11 Å². The zero-order valence-corrected chi connectivity index (χ0v) is 9.95. The summed E-state index contributed by atoms with van der Waals surface area (Å²) in [6.45, 7) is 5.73. The molecule has 0 fully saturated rings. The van der Waals surface area contributed by atoms with Gasteiger partial charge in [0.2, 0.25) is 0 Å². The van der Waals surface area contributed by atoms with Gasteiger partial charge >= 0.3 is 0 Å². The molecule has 0 aromatic heterocycles. The molecule has 0 heterocycles. The Morgan fingerprint density at radius 2 is 1.88 bits per heavy atom. The summed E-state index contributed by atoms with van der Waals surface area (Å²) < 4.78 is 5.06. The van der Waals surface area contributed by atoms with Crippen LogP contribution in [0, 0.1) is 0 Å². The van der Waals surface area contributed by atoms with Crippen molar-refractivity contribution in [1.29, 1.82) is 0 Å². The lowest BCUT2D eigenvalue weighted by Gasteiger charge is -2.03. The van der Waals surface area contributed by atoms with E-state index in [4.69, 9.17) is 4.74 Å². The quantitative estimate of drug-likeness (QED) is 0.685. The Hall–Kier alpha value is -1.57. The van der Waals surface area contributed by atoms with E-state index in [0.29, 0.717) is 12.8 Å². The topological polar surface area (TPSA) is 26.3 Å². The van der Waals surface area contributed by atoms with Gasteiger partial charge in [-0.05, 0) is 31.0 Å². The summed E-state index contributed by atoms with van der Waals surface area (Å²) >= 11 is 0. The van der Waals surface area contributed by atoms with Crippen molar-refractivity contribution >= 4 is 5.78 Å². The van der Waals surface area contributed by atoms with Gasteiger partial charge in [0.15, 0.2) is 0 Å². The van der Waals surface area contributed by atoms with Crippen LogP contribution in [0.15, 0.2) is 36.4 Å². The number of methoxy groups -OCH3 is 1. The molecule has 2 heteroatoms. The molecule has 0 amide bonds. The molecule has 0 radical (unpaired) electrons. The molecule has 0 spiro atoms. The molecular formula is C14H18O2. The normalized spacial score (nSPS) is 9.88. The first-order chi connectivity index (χ1) is 7.61. The Morgan fingerprint density at radius 3 is 2.38 bits per heavy atom. The lowest BCUT2D eigenvalue weighted by Crippen LogP contribution is -2.02. The minimum atomic E-state index is 0.258. The fraction of sp³-hybridized carbons (Fsp3) is 0.357. The first-order valence-electron chi connectivity index (χ1n) is 5.41. The Labute approximate surface area is 96.9 Å². The standard InChI is InChI=1S/C14H18O2/c1-11(2)4-7-13(15)10-12-5-8-14(16-3)9-6-12/h5-6,8-9H,1,4,7,10H2,2-3H3. The predicted molar refractivity (Wildman–Crippen MR) is 65.8 cm³/mol. The van der Waals surface area contributed by atoms with Gasteiger partial charge in [0, 0.05) is 12.8 Å². The van der Waals surface area contributed by atoms with E-state index in [2.05, 4.69) is 6.58 Å². The number of Topliss-reactive ketones (excluding diaryl/α,β-unsaturated/α-hetero) is 1. The van der Waals surface area contributed by atoms with Crippen LogP contribution in [-0.4, -0.2) is 12.9 Å². The molecule has 0 unspecified atom stereocenters. The van der Waals surface area contributed by atoms with E-state index in [9.17, 15) is 4.79 Å². The van der Waals surface area contributed by atoms with Gasteiger partial charge in [-0.3, -0.25) is 4.79 Å². The highest BCUT2D eigenvalue weighted by atomic mass is 16.5. The van der Waals surface area contributed by atoms with Gasteiger partial charge in [-0.25, -0.2) is 0 Å². The van der Waals surface area contributed by atoms with Crippen molar-refractivity contribution in [3.63, 3.8) is 0 Å². The van der Waals surface area contributed by atoms with Crippen molar-refractivity contribution in [2.45, 2.75) is 26.2 Å². The molecule has 0 saturated carbocycles. The van der Waals surface area contributed by atoms with E-state index in [1.165, 1.54) is 0 Å². The van der Waals surface area contributed by atoms with Crippen LogP contribution in [0.2, 0.25) is 0 Å². The van der Waals surface area contributed by atoms with Gasteiger partial charge in [0.25, 0.3) is 0 Å². The van der Waals surface area contributed by atoms with Crippen LogP contribution in [0.25, 0.3) is 0 Å². The number of ketones is 1. The van der Waals surface area contributed by atoms with Crippen LogP contribution in [0.5, 0.6) is 5.75 Å². The maximum atomic E-state index is 11.6. The second-order valence-corrected chi connectivity index (χ2v) is 4.02. The number of benzene rings is 1. The number of hydrogen-bond donors (Lipinski definition) is 0. The third kappa shape index (κ3) is 4.30. The fourth-order valence-corrected chi connectivity index (χ4v) is 1.41. The molecular weight excluding hydrogens is 200 g/mol. The highest BCUT2D eigenvalue weighted by molar-refractivity contribution is 5.81. The van der Waals surface area contributed by atoms with Gasteiger partial charge < -0.3 is 4.74 Å². The van der Waals surface area contributed by atoms with E-state index in [1.54, 1.807) is 7.11 Å². The Balaban J connectivity index is 2.46. The largest absolute Gasteiger partial charge is 0.497 e. The molecule has 0 saturated heterocycles. The maximum Gasteiger partial charge on any atom is 0.137 e. The van der Waals surface area contributed by atoms with Crippen LogP contribution in [-0.2, 0) is 11.2 Å². The molecule has 0 bridgehead atoms. The van der Waals surface area contributed by atoms with Crippen LogP contribution in [0.1, 0.15) is 25.3 Å². The summed E-state index contributed by atoms with van der Waals surface area (Å²) in [5.74, 6) is 1.08. The minimum absolute atomic E-state index is 0.258. The van der Waals surface area contributed by atoms with E-state index < -0.39 is 0 Å². The molecule has 0 N–H and O–H groups in total. The highest BCUT2D eigenvalue weighted by Crippen LogP contribution is 2.13. The van der Waals surface area contributed by atoms with Crippen LogP contribution >= 0.6 is 0 Å². The summed E-state index contributed by atoms with van der Waals surface area (Å²) in [5, 5.41) is 0. The van der Waals surface area contributed by atoms with Crippen molar-refractivity contribution in [3.8, 4) is 5.75 Å². The van der Waals surface area contributed by atoms with Gasteiger partial charge in [-0.2, -0.15) is 0 Å². The number of carbonyl (C=O) groups is 1. The Morgan fingerprint density at radius 1 is 1.25 bits per heavy atom. The first kappa shape index (κ1) is 12.5. The lowest BCUT2D eigenvalue weighted by molar-refractivity contribution is -0.118. The average molecular weight is 218 g/mol. The average Bonchev–Trinajstić information content (AvgIpc) is 2.27. The highest BCUT2D eigenvalue weighted by Gasteiger charge is 2.03. The summed E-state index contributed by atoms with van der Waals surface area (Å²) in [4.78, 5) is 11.6. The van der Waals surface area contributed by atoms with Gasteiger partial charge in [0.1, 0.15) is 11.5 Å². The van der Waals surface area contributed by atoms with Crippen molar-refractivity contribution < 1.29 is 9.53 Å². The summed E-state index contributed by atoms with van der Waals surface area (Å²) in [7, 11) is 1.63. The number of carbonyl (C=O) groups excluding carboxylic acids is 1. The summed E-state index contributed by atoms with van der Waals surface area (Å²) in [6.07, 6.45) is 1.87. The maximum absolute atomic E-state index is 11.6. The summed E-state index contributed by atoms with van der Waals surface area (Å²) in [5.41, 5.74) is 2.09. The molecule has 0 atom stereocenters. The zero-order valence-electron chi connectivity index (χ0n) is 9.95. The minimum Gasteiger partial charge on any atom is -0.497 e. The first-order valence-corrected chi connectivity index (χ1v) is 5.41. The molecule has 1 aromatic rings. The van der Waals surface area contributed by atoms with Gasteiger partial charge in [-0.15, -0.1) is 6.58 Å². The number of hydrogen-bond acceptors (Lipinski definition) is 2. The summed E-state index contributed by atoms with van der Waals surface area (Å²) in [6, 6.07) is 7.61. The van der Waals surface area contributed by atoms with Crippen molar-refractivity contribution in [3.05, 3.63) is 42.0 Å². The second-order valence-electron chi connectivity index (χ2n) is 4.02. The van der Waals surface area contributed by atoms with Crippen molar-refractivity contribution in [1.82, 2.24) is 0 Å².